The topological polar surface area (TPSA) is 85.8 Å². The Balaban J connectivity index is 0.00000480. The van der Waals surface area contributed by atoms with Crippen LogP contribution in [0.3, 0.4) is 0 Å². The van der Waals surface area contributed by atoms with E-state index in [1.807, 2.05) is 38.1 Å². The van der Waals surface area contributed by atoms with Crippen LogP contribution in [0.1, 0.15) is 52.0 Å². The van der Waals surface area contributed by atoms with Gasteiger partial charge in [-0.3, -0.25) is 9.59 Å². The van der Waals surface area contributed by atoms with Crippen molar-refractivity contribution in [3.05, 3.63) is 29.8 Å². The van der Waals surface area contributed by atoms with Crippen LogP contribution in [0, 0.1) is 11.8 Å². The summed E-state index contributed by atoms with van der Waals surface area (Å²) in [5.74, 6) is 1.84. The van der Waals surface area contributed by atoms with Gasteiger partial charge in [0.2, 0.25) is 11.8 Å². The Bertz CT molecular complexity index is 730. The van der Waals surface area contributed by atoms with Gasteiger partial charge >= 0.3 is 0 Å². The molecule has 1 fully saturated rings. The number of nitrogens with one attached hydrogen (secondary N) is 3. The van der Waals surface area contributed by atoms with Crippen molar-refractivity contribution in [1.29, 1.82) is 0 Å². The van der Waals surface area contributed by atoms with E-state index in [2.05, 4.69) is 27.8 Å². The van der Waals surface area contributed by atoms with Crippen molar-refractivity contribution in [2.24, 2.45) is 16.8 Å². The maximum Gasteiger partial charge on any atom is 0.224 e. The molecule has 3 N–H and O–H groups in total. The molecule has 1 aromatic rings. The quantitative estimate of drug-likeness (QED) is 0.266. The molecular weight excluding hydrogens is 505 g/mol. The van der Waals surface area contributed by atoms with E-state index in [4.69, 9.17) is 4.99 Å². The van der Waals surface area contributed by atoms with Gasteiger partial charge in [0.25, 0.3) is 0 Å². The Morgan fingerprint density at radius 3 is 2.52 bits per heavy atom. The zero-order chi connectivity index (χ0) is 21.9. The molecule has 0 radical (unpaired) electrons. The Morgan fingerprint density at radius 1 is 1.19 bits per heavy atom. The first-order valence-electron chi connectivity index (χ1n) is 11.0. The van der Waals surface area contributed by atoms with Crippen molar-refractivity contribution < 1.29 is 9.59 Å². The second-order valence-electron chi connectivity index (χ2n) is 8.32. The highest BCUT2D eigenvalue weighted by Gasteiger charge is 2.23. The summed E-state index contributed by atoms with van der Waals surface area (Å²) >= 11 is 0. The smallest absolute Gasteiger partial charge is 0.224 e. The van der Waals surface area contributed by atoms with Crippen molar-refractivity contribution in [3.8, 4) is 0 Å². The highest BCUT2D eigenvalue weighted by Crippen LogP contribution is 2.21. The van der Waals surface area contributed by atoms with Crippen LogP contribution in [0.4, 0.5) is 5.69 Å². The van der Waals surface area contributed by atoms with Crippen molar-refractivity contribution in [2.75, 3.05) is 32.0 Å². The lowest BCUT2D eigenvalue weighted by Crippen LogP contribution is -2.46. The number of hydrogen-bond donors (Lipinski definition) is 3. The van der Waals surface area contributed by atoms with Crippen molar-refractivity contribution in [2.45, 2.75) is 53.0 Å². The predicted octanol–water partition coefficient (Wildman–Crippen LogP) is 3.60. The predicted molar refractivity (Wildman–Crippen MR) is 138 cm³/mol. The first-order chi connectivity index (χ1) is 14.4. The third-order valence-electron chi connectivity index (χ3n) is 5.22. The molecule has 1 aliphatic heterocycles. The summed E-state index contributed by atoms with van der Waals surface area (Å²) in [6.07, 6.45) is 3.11. The maximum absolute atomic E-state index is 12.0. The summed E-state index contributed by atoms with van der Waals surface area (Å²) in [5.41, 5.74) is 1.87. The van der Waals surface area contributed by atoms with Crippen LogP contribution in [-0.2, 0) is 16.1 Å². The van der Waals surface area contributed by atoms with Gasteiger partial charge in [0.05, 0.1) is 6.54 Å². The first kappa shape index (κ1) is 27.2. The van der Waals surface area contributed by atoms with Crippen LogP contribution in [0.5, 0.6) is 0 Å². The summed E-state index contributed by atoms with van der Waals surface area (Å²) in [7, 11) is 1.69. The van der Waals surface area contributed by atoms with Gasteiger partial charge in [-0.25, -0.2) is 4.99 Å². The number of carbonyl (C=O) groups is 2. The minimum absolute atomic E-state index is 0. The zero-order valence-corrected chi connectivity index (χ0v) is 21.6. The number of benzene rings is 1. The second-order valence-corrected chi connectivity index (χ2v) is 8.32. The molecule has 1 saturated heterocycles. The molecule has 0 saturated carbocycles. The van der Waals surface area contributed by atoms with Gasteiger partial charge in [-0.05, 0) is 49.3 Å². The number of likely N-dealkylation sites (tertiary alicyclic amines) is 1. The normalized spacial score (nSPS) is 14.7. The zero-order valence-electron chi connectivity index (χ0n) is 19.2. The van der Waals surface area contributed by atoms with Crippen molar-refractivity contribution in [1.82, 2.24) is 15.5 Å². The highest BCUT2D eigenvalue weighted by molar-refractivity contribution is 14.0. The lowest BCUT2D eigenvalue weighted by molar-refractivity contribution is -0.121. The Labute approximate surface area is 203 Å². The fourth-order valence-corrected chi connectivity index (χ4v) is 3.64. The molecule has 1 aromatic carbocycles. The van der Waals surface area contributed by atoms with Gasteiger partial charge in [0.1, 0.15) is 0 Å². The Morgan fingerprint density at radius 2 is 1.90 bits per heavy atom. The average Bonchev–Trinajstić information content (AvgIpc) is 2.71. The lowest BCUT2D eigenvalue weighted by Gasteiger charge is -2.34. The summed E-state index contributed by atoms with van der Waals surface area (Å²) in [5, 5.41) is 9.07. The van der Waals surface area contributed by atoms with Gasteiger partial charge in [0.15, 0.2) is 5.96 Å². The molecule has 0 unspecified atom stereocenters. The summed E-state index contributed by atoms with van der Waals surface area (Å²) in [4.78, 5) is 30.7. The van der Waals surface area contributed by atoms with Gasteiger partial charge in [-0.1, -0.05) is 26.0 Å². The van der Waals surface area contributed by atoms with Crippen LogP contribution in [0.25, 0.3) is 0 Å². The second kappa shape index (κ2) is 14.3. The molecule has 0 bridgehead atoms. The molecule has 1 heterocycles. The summed E-state index contributed by atoms with van der Waals surface area (Å²) < 4.78 is 0. The molecule has 0 aliphatic carbocycles. The van der Waals surface area contributed by atoms with Gasteiger partial charge in [0, 0.05) is 45.2 Å². The number of hydrogen-bond acceptors (Lipinski definition) is 3. The standard InChI is InChI=1S/C23H37N5O2.HI/c1-5-25-23(28-11-9-18(10-12-28)15-21(29)24-4)26-16-19-7-6-8-20(14-19)27-22(30)13-17(2)3;/h6-8,14,17-18H,5,9-13,15-16H2,1-4H3,(H,24,29)(H,25,26)(H,27,30);1H. The number of anilines is 1. The number of nitrogens with zero attached hydrogens (tertiary/aromatic N) is 2. The fraction of sp³-hybridized carbons (Fsp3) is 0.609. The summed E-state index contributed by atoms with van der Waals surface area (Å²) in [6.45, 7) is 9.30. The van der Waals surface area contributed by atoms with E-state index in [-0.39, 0.29) is 35.8 Å². The van der Waals surface area contributed by atoms with E-state index in [0.717, 1.165) is 49.7 Å². The number of aliphatic imine (C=N–C) groups is 1. The Kier molecular flexibility index (Phi) is 12.5. The molecule has 174 valence electrons. The number of carbonyl (C=O) groups excluding carboxylic acids is 2. The largest absolute Gasteiger partial charge is 0.359 e. The van der Waals surface area contributed by atoms with Gasteiger partial charge in [-0.2, -0.15) is 0 Å². The number of rotatable bonds is 8. The van der Waals surface area contributed by atoms with Crippen LogP contribution in [-0.4, -0.2) is 49.4 Å². The number of guanidine groups is 1. The molecule has 7 nitrogen and oxygen atoms in total. The van der Waals surface area contributed by atoms with Crippen LogP contribution in [0.2, 0.25) is 0 Å². The molecule has 2 amide bonds. The van der Waals surface area contributed by atoms with E-state index in [0.29, 0.717) is 31.2 Å². The molecule has 0 atom stereocenters. The first-order valence-corrected chi connectivity index (χ1v) is 11.0. The monoisotopic (exact) mass is 543 g/mol. The average molecular weight is 543 g/mol. The third kappa shape index (κ3) is 9.88. The molecule has 31 heavy (non-hydrogen) atoms. The van der Waals surface area contributed by atoms with Crippen LogP contribution >= 0.6 is 24.0 Å². The molecular formula is C23H38IN5O2. The number of piperidine rings is 1. The maximum atomic E-state index is 12.0. The van der Waals surface area contributed by atoms with E-state index < -0.39 is 0 Å². The van der Waals surface area contributed by atoms with E-state index in [1.54, 1.807) is 7.05 Å². The van der Waals surface area contributed by atoms with Gasteiger partial charge in [-0.15, -0.1) is 24.0 Å². The van der Waals surface area contributed by atoms with Gasteiger partial charge < -0.3 is 20.9 Å². The lowest BCUT2D eigenvalue weighted by atomic mass is 9.93. The highest BCUT2D eigenvalue weighted by atomic mass is 127. The molecule has 0 spiro atoms. The van der Waals surface area contributed by atoms with E-state index in [9.17, 15) is 9.59 Å². The fourth-order valence-electron chi connectivity index (χ4n) is 3.64. The molecule has 1 aliphatic rings. The van der Waals surface area contributed by atoms with Crippen LogP contribution in [0.15, 0.2) is 29.3 Å². The van der Waals surface area contributed by atoms with E-state index >= 15 is 0 Å². The number of amides is 2. The number of halogens is 1. The minimum atomic E-state index is 0. The third-order valence-corrected chi connectivity index (χ3v) is 5.22. The molecule has 2 rings (SSSR count). The molecule has 0 aromatic heterocycles. The van der Waals surface area contributed by atoms with Crippen molar-refractivity contribution >= 4 is 47.4 Å². The minimum Gasteiger partial charge on any atom is -0.359 e. The summed E-state index contributed by atoms with van der Waals surface area (Å²) in [6, 6.07) is 7.88. The van der Waals surface area contributed by atoms with E-state index in [1.165, 1.54) is 0 Å². The molecule has 8 heteroatoms. The Hall–Kier alpha value is -1.84. The SMILES string of the molecule is CCNC(=NCc1cccc(NC(=O)CC(C)C)c1)N1CCC(CC(=O)NC)CC1.I. The van der Waals surface area contributed by atoms with Crippen LogP contribution < -0.4 is 16.0 Å². The van der Waals surface area contributed by atoms with Crippen molar-refractivity contribution in [3.63, 3.8) is 0 Å².